The lowest BCUT2D eigenvalue weighted by atomic mass is 10.2. The van der Waals surface area contributed by atoms with Gasteiger partial charge in [0.25, 0.3) is 0 Å². The minimum atomic E-state index is 0.625. The first-order valence-corrected chi connectivity index (χ1v) is 6.53. The summed E-state index contributed by atoms with van der Waals surface area (Å²) in [6, 6.07) is 8.40. The molecule has 0 aliphatic heterocycles. The largest absolute Gasteiger partial charge is 0.385 e. The van der Waals surface area contributed by atoms with Gasteiger partial charge in [-0.25, -0.2) is 4.98 Å². The normalized spacial score (nSPS) is 14.7. The Labute approximate surface area is 107 Å². The molecule has 1 aromatic heterocycles. The average Bonchev–Trinajstić information content (AvgIpc) is 3.10. The van der Waals surface area contributed by atoms with Crippen molar-refractivity contribution in [2.75, 3.05) is 11.9 Å². The fourth-order valence-corrected chi connectivity index (χ4v) is 2.03. The molecule has 1 heterocycles. The van der Waals surface area contributed by atoms with E-state index in [-0.39, 0.29) is 0 Å². The van der Waals surface area contributed by atoms with Gasteiger partial charge in [-0.2, -0.15) is 5.10 Å². The molecule has 1 fully saturated rings. The summed E-state index contributed by atoms with van der Waals surface area (Å²) in [7, 11) is 0. The molecule has 0 saturated heterocycles. The number of anilines is 1. The van der Waals surface area contributed by atoms with E-state index in [1.165, 1.54) is 18.4 Å². The maximum absolute atomic E-state index is 4.51. The van der Waals surface area contributed by atoms with Gasteiger partial charge in [-0.3, -0.25) is 5.10 Å². The number of aromatic nitrogens is 3. The van der Waals surface area contributed by atoms with Crippen molar-refractivity contribution in [3.63, 3.8) is 0 Å². The minimum absolute atomic E-state index is 0.625. The molecule has 4 heteroatoms. The van der Waals surface area contributed by atoms with Crippen LogP contribution >= 0.6 is 0 Å². The van der Waals surface area contributed by atoms with Gasteiger partial charge in [-0.05, 0) is 37.5 Å². The Morgan fingerprint density at radius 3 is 3.06 bits per heavy atom. The lowest BCUT2D eigenvalue weighted by Crippen LogP contribution is -2.06. The first kappa shape index (κ1) is 11.3. The fourth-order valence-electron chi connectivity index (χ4n) is 2.03. The van der Waals surface area contributed by atoms with Crippen molar-refractivity contribution in [3.05, 3.63) is 41.5 Å². The second kappa shape index (κ2) is 4.80. The summed E-state index contributed by atoms with van der Waals surface area (Å²) in [5.74, 6) is 2.61. The van der Waals surface area contributed by atoms with Gasteiger partial charge >= 0.3 is 0 Å². The van der Waals surface area contributed by atoms with Gasteiger partial charge in [-0.1, -0.05) is 12.1 Å². The molecule has 0 radical (unpaired) electrons. The van der Waals surface area contributed by atoms with Crippen molar-refractivity contribution < 1.29 is 0 Å². The topological polar surface area (TPSA) is 53.6 Å². The van der Waals surface area contributed by atoms with Crippen LogP contribution in [0, 0.1) is 6.92 Å². The summed E-state index contributed by atoms with van der Waals surface area (Å²) >= 11 is 0. The van der Waals surface area contributed by atoms with Crippen LogP contribution in [0.5, 0.6) is 0 Å². The zero-order chi connectivity index (χ0) is 12.4. The number of hydrogen-bond acceptors (Lipinski definition) is 3. The van der Waals surface area contributed by atoms with Crippen molar-refractivity contribution in [1.29, 1.82) is 0 Å². The van der Waals surface area contributed by atoms with Crippen LogP contribution in [-0.2, 0) is 6.42 Å². The van der Waals surface area contributed by atoms with Gasteiger partial charge in [0.2, 0.25) is 0 Å². The highest BCUT2D eigenvalue weighted by Gasteiger charge is 2.27. The molecule has 2 aromatic rings. The van der Waals surface area contributed by atoms with Crippen LogP contribution in [0.3, 0.4) is 0 Å². The minimum Gasteiger partial charge on any atom is -0.385 e. The first-order chi connectivity index (χ1) is 8.81. The van der Waals surface area contributed by atoms with Crippen LogP contribution < -0.4 is 5.32 Å². The van der Waals surface area contributed by atoms with E-state index >= 15 is 0 Å². The van der Waals surface area contributed by atoms with Crippen molar-refractivity contribution in [2.45, 2.75) is 32.1 Å². The Morgan fingerprint density at radius 1 is 1.39 bits per heavy atom. The zero-order valence-corrected chi connectivity index (χ0v) is 10.6. The molecule has 1 aliphatic carbocycles. The summed E-state index contributed by atoms with van der Waals surface area (Å²) in [4.78, 5) is 4.51. The molecule has 0 amide bonds. The van der Waals surface area contributed by atoms with Gasteiger partial charge in [-0.15, -0.1) is 0 Å². The smallest absolute Gasteiger partial charge is 0.153 e. The predicted molar refractivity (Wildman–Crippen MR) is 71.7 cm³/mol. The molecule has 18 heavy (non-hydrogen) atoms. The Balaban J connectivity index is 1.51. The maximum Gasteiger partial charge on any atom is 0.153 e. The fraction of sp³-hybridized carbons (Fsp3) is 0.429. The highest BCUT2D eigenvalue weighted by atomic mass is 15.2. The van der Waals surface area contributed by atoms with Crippen LogP contribution in [0.25, 0.3) is 0 Å². The lowest BCUT2D eigenvalue weighted by molar-refractivity contribution is 0.901. The Hall–Kier alpha value is -1.84. The van der Waals surface area contributed by atoms with E-state index in [2.05, 4.69) is 51.7 Å². The average molecular weight is 242 g/mol. The summed E-state index contributed by atoms with van der Waals surface area (Å²) in [5.41, 5.74) is 2.44. The maximum atomic E-state index is 4.51. The highest BCUT2D eigenvalue weighted by molar-refractivity contribution is 5.45. The zero-order valence-electron chi connectivity index (χ0n) is 10.6. The van der Waals surface area contributed by atoms with Crippen LogP contribution in [-0.4, -0.2) is 21.7 Å². The van der Waals surface area contributed by atoms with Gasteiger partial charge in [0.1, 0.15) is 5.82 Å². The molecule has 3 rings (SSSR count). The van der Waals surface area contributed by atoms with E-state index in [4.69, 9.17) is 0 Å². The Bertz CT molecular complexity index is 528. The van der Waals surface area contributed by atoms with Crippen molar-refractivity contribution >= 4 is 5.69 Å². The molecule has 1 aromatic carbocycles. The van der Waals surface area contributed by atoms with Crippen molar-refractivity contribution in [1.82, 2.24) is 15.2 Å². The molecule has 94 valence electrons. The molecule has 0 atom stereocenters. The third kappa shape index (κ3) is 2.70. The quantitative estimate of drug-likeness (QED) is 0.847. The number of aryl methyl sites for hydroxylation is 1. The molecule has 1 aliphatic rings. The number of benzene rings is 1. The summed E-state index contributed by atoms with van der Waals surface area (Å²) < 4.78 is 0. The Morgan fingerprint density at radius 2 is 2.28 bits per heavy atom. The summed E-state index contributed by atoms with van der Waals surface area (Å²) in [6.07, 6.45) is 3.38. The SMILES string of the molecule is Cc1cccc(NCCc2nc(C3CC3)n[nH]2)c1. The highest BCUT2D eigenvalue weighted by Crippen LogP contribution is 2.37. The predicted octanol–water partition coefficient (Wildman–Crippen LogP) is 2.65. The monoisotopic (exact) mass is 242 g/mol. The number of aromatic amines is 1. The van der Waals surface area contributed by atoms with E-state index < -0.39 is 0 Å². The second-order valence-corrected chi connectivity index (χ2v) is 4.96. The van der Waals surface area contributed by atoms with E-state index in [1.54, 1.807) is 0 Å². The van der Waals surface area contributed by atoms with Gasteiger partial charge in [0.15, 0.2) is 5.82 Å². The van der Waals surface area contributed by atoms with Crippen molar-refractivity contribution in [3.8, 4) is 0 Å². The van der Waals surface area contributed by atoms with Crippen molar-refractivity contribution in [2.24, 2.45) is 0 Å². The van der Waals surface area contributed by atoms with Gasteiger partial charge in [0, 0.05) is 24.6 Å². The third-order valence-electron chi connectivity index (χ3n) is 3.20. The molecular weight excluding hydrogens is 224 g/mol. The molecule has 0 spiro atoms. The number of nitrogens with one attached hydrogen (secondary N) is 2. The lowest BCUT2D eigenvalue weighted by Gasteiger charge is -2.05. The van der Waals surface area contributed by atoms with Crippen LogP contribution in [0.15, 0.2) is 24.3 Å². The van der Waals surface area contributed by atoms with E-state index in [0.717, 1.165) is 30.3 Å². The first-order valence-electron chi connectivity index (χ1n) is 6.53. The number of rotatable bonds is 5. The molecule has 1 saturated carbocycles. The van der Waals surface area contributed by atoms with Crippen LogP contribution in [0.4, 0.5) is 5.69 Å². The molecule has 0 bridgehead atoms. The molecular formula is C14H18N4. The standard InChI is InChI=1S/C14H18N4/c1-10-3-2-4-12(9-10)15-8-7-13-16-14(18-17-13)11-5-6-11/h2-4,9,11,15H,5-8H2,1H3,(H,16,17,18). The van der Waals surface area contributed by atoms with E-state index in [0.29, 0.717) is 5.92 Å². The molecule has 0 unspecified atom stereocenters. The van der Waals surface area contributed by atoms with E-state index in [9.17, 15) is 0 Å². The number of H-pyrrole nitrogens is 1. The molecule has 2 N–H and O–H groups in total. The van der Waals surface area contributed by atoms with Crippen LogP contribution in [0.2, 0.25) is 0 Å². The van der Waals surface area contributed by atoms with Gasteiger partial charge < -0.3 is 5.32 Å². The third-order valence-corrected chi connectivity index (χ3v) is 3.20. The number of hydrogen-bond donors (Lipinski definition) is 2. The summed E-state index contributed by atoms with van der Waals surface area (Å²) in [5, 5.41) is 10.7. The van der Waals surface area contributed by atoms with Gasteiger partial charge in [0.05, 0.1) is 0 Å². The van der Waals surface area contributed by atoms with Crippen LogP contribution in [0.1, 0.15) is 36.0 Å². The summed E-state index contributed by atoms with van der Waals surface area (Å²) in [6.45, 7) is 2.98. The Kier molecular flexibility index (Phi) is 3.00. The number of nitrogens with zero attached hydrogens (tertiary/aromatic N) is 2. The second-order valence-electron chi connectivity index (χ2n) is 4.96. The molecule has 4 nitrogen and oxygen atoms in total. The van der Waals surface area contributed by atoms with E-state index in [1.807, 2.05) is 0 Å².